The first-order valence-corrected chi connectivity index (χ1v) is 8.29. The lowest BCUT2D eigenvalue weighted by Crippen LogP contribution is -2.35. The molecule has 2 fully saturated rings. The van der Waals surface area contributed by atoms with E-state index in [1.165, 1.54) is 11.0 Å². The SMILES string of the molecule is Cc1cn([C@H]2C[C@@H](N=[N+]=[N-])[C@@H](CO)O2)c(=O)nc1N1CCCCC1. The van der Waals surface area contributed by atoms with Gasteiger partial charge < -0.3 is 14.7 Å². The van der Waals surface area contributed by atoms with Gasteiger partial charge in [-0.3, -0.25) is 4.57 Å². The first kappa shape index (κ1) is 16.8. The van der Waals surface area contributed by atoms with Crippen LogP contribution >= 0.6 is 0 Å². The molecule has 0 aromatic carbocycles. The second kappa shape index (κ2) is 7.21. The van der Waals surface area contributed by atoms with Crippen molar-refractivity contribution in [2.24, 2.45) is 5.11 Å². The highest BCUT2D eigenvalue weighted by Crippen LogP contribution is 2.30. The van der Waals surface area contributed by atoms with Gasteiger partial charge >= 0.3 is 5.69 Å². The van der Waals surface area contributed by atoms with Gasteiger partial charge in [0, 0.05) is 36.2 Å². The number of nitrogens with zero attached hydrogens (tertiary/aromatic N) is 6. The lowest BCUT2D eigenvalue weighted by Gasteiger charge is -2.29. The van der Waals surface area contributed by atoms with Crippen molar-refractivity contribution in [3.05, 3.63) is 32.7 Å². The molecule has 3 atom stereocenters. The van der Waals surface area contributed by atoms with Crippen LogP contribution in [-0.4, -0.2) is 46.5 Å². The van der Waals surface area contributed by atoms with E-state index in [1.807, 2.05) is 6.92 Å². The molecule has 1 N–H and O–H groups in total. The van der Waals surface area contributed by atoms with Crippen LogP contribution in [0, 0.1) is 6.92 Å². The van der Waals surface area contributed by atoms with Gasteiger partial charge in [0.05, 0.1) is 18.8 Å². The number of ether oxygens (including phenoxy) is 1. The number of aliphatic hydroxyl groups is 1. The number of aryl methyl sites for hydroxylation is 1. The molecule has 0 bridgehead atoms. The molecule has 0 amide bonds. The standard InChI is InChI=1S/C15H22N6O3/c1-10-8-21(13-7-11(18-19-16)12(9-22)24-13)15(23)17-14(10)20-5-3-2-4-6-20/h8,11-13,22H,2-7,9H2,1H3/t11-,12-,13-/m1/s1. The summed E-state index contributed by atoms with van der Waals surface area (Å²) in [5.74, 6) is 0.735. The molecule has 9 nitrogen and oxygen atoms in total. The Morgan fingerprint density at radius 3 is 2.88 bits per heavy atom. The lowest BCUT2D eigenvalue weighted by atomic mass is 10.1. The van der Waals surface area contributed by atoms with Crippen molar-refractivity contribution in [2.75, 3.05) is 24.6 Å². The Morgan fingerprint density at radius 2 is 2.21 bits per heavy atom. The Balaban J connectivity index is 1.86. The van der Waals surface area contributed by atoms with Crippen LogP contribution in [0.5, 0.6) is 0 Å². The molecule has 9 heteroatoms. The van der Waals surface area contributed by atoms with E-state index in [4.69, 9.17) is 10.3 Å². The van der Waals surface area contributed by atoms with E-state index in [0.29, 0.717) is 6.42 Å². The van der Waals surface area contributed by atoms with Crippen molar-refractivity contribution >= 4 is 5.82 Å². The number of piperidine rings is 1. The van der Waals surface area contributed by atoms with Crippen LogP contribution in [-0.2, 0) is 4.74 Å². The molecule has 0 unspecified atom stereocenters. The van der Waals surface area contributed by atoms with Gasteiger partial charge in [0.2, 0.25) is 0 Å². The van der Waals surface area contributed by atoms with Crippen molar-refractivity contribution in [3.8, 4) is 0 Å². The minimum atomic E-state index is -0.597. The quantitative estimate of drug-likeness (QED) is 0.509. The maximum Gasteiger partial charge on any atom is 0.351 e. The molecule has 2 aliphatic heterocycles. The number of anilines is 1. The molecule has 0 spiro atoms. The Hall–Kier alpha value is -2.09. The fourth-order valence-corrected chi connectivity index (χ4v) is 3.43. The van der Waals surface area contributed by atoms with E-state index in [0.717, 1.165) is 37.3 Å². The Morgan fingerprint density at radius 1 is 1.46 bits per heavy atom. The highest BCUT2D eigenvalue weighted by atomic mass is 16.5. The van der Waals surface area contributed by atoms with Gasteiger partial charge in [-0.15, -0.1) is 0 Å². The van der Waals surface area contributed by atoms with Crippen molar-refractivity contribution in [3.63, 3.8) is 0 Å². The molecule has 1 aromatic heterocycles. The van der Waals surface area contributed by atoms with Crippen LogP contribution in [0.25, 0.3) is 10.4 Å². The topological polar surface area (TPSA) is 116 Å². The molecule has 0 aliphatic carbocycles. The third-order valence-electron chi connectivity index (χ3n) is 4.66. The summed E-state index contributed by atoms with van der Waals surface area (Å²) < 4.78 is 7.11. The molecule has 0 saturated carbocycles. The number of hydrogen-bond acceptors (Lipinski definition) is 6. The summed E-state index contributed by atoms with van der Waals surface area (Å²) in [7, 11) is 0. The minimum Gasteiger partial charge on any atom is -0.394 e. The summed E-state index contributed by atoms with van der Waals surface area (Å²) in [6, 6.07) is -0.487. The zero-order valence-corrected chi connectivity index (χ0v) is 13.7. The maximum atomic E-state index is 12.5. The van der Waals surface area contributed by atoms with E-state index in [9.17, 15) is 9.90 Å². The maximum absolute atomic E-state index is 12.5. The number of aromatic nitrogens is 2. The Bertz CT molecular complexity index is 693. The highest BCUT2D eigenvalue weighted by molar-refractivity contribution is 5.45. The average Bonchev–Trinajstić information content (AvgIpc) is 3.00. The molecule has 2 saturated heterocycles. The van der Waals surface area contributed by atoms with Gasteiger partial charge in [-0.05, 0) is 31.7 Å². The zero-order valence-electron chi connectivity index (χ0n) is 13.7. The van der Waals surface area contributed by atoms with Gasteiger partial charge in [-0.25, -0.2) is 4.79 Å². The first-order valence-electron chi connectivity index (χ1n) is 8.29. The first-order chi connectivity index (χ1) is 11.6. The predicted octanol–water partition coefficient (Wildman–Crippen LogP) is 1.50. The van der Waals surface area contributed by atoms with Crippen LogP contribution in [0.2, 0.25) is 0 Å². The molecule has 3 rings (SSSR count). The number of rotatable bonds is 4. The summed E-state index contributed by atoms with van der Waals surface area (Å²) in [5.41, 5.74) is 9.14. The van der Waals surface area contributed by atoms with E-state index < -0.39 is 18.4 Å². The van der Waals surface area contributed by atoms with Gasteiger partial charge in [-0.1, -0.05) is 5.11 Å². The summed E-state index contributed by atoms with van der Waals surface area (Å²) in [6.45, 7) is 3.51. The van der Waals surface area contributed by atoms with Crippen LogP contribution < -0.4 is 10.6 Å². The van der Waals surface area contributed by atoms with E-state index in [-0.39, 0.29) is 12.3 Å². The molecule has 1 aromatic rings. The molecule has 3 heterocycles. The van der Waals surface area contributed by atoms with E-state index >= 15 is 0 Å². The summed E-state index contributed by atoms with van der Waals surface area (Å²) >= 11 is 0. The fraction of sp³-hybridized carbons (Fsp3) is 0.733. The molecule has 2 aliphatic rings. The van der Waals surface area contributed by atoms with E-state index in [1.54, 1.807) is 6.20 Å². The van der Waals surface area contributed by atoms with Crippen molar-refractivity contribution in [1.29, 1.82) is 0 Å². The molecular formula is C15H22N6O3. The van der Waals surface area contributed by atoms with Gasteiger partial charge in [0.25, 0.3) is 0 Å². The largest absolute Gasteiger partial charge is 0.394 e. The zero-order chi connectivity index (χ0) is 17.1. The molecule has 130 valence electrons. The Kier molecular flexibility index (Phi) is 5.03. The number of azide groups is 1. The van der Waals surface area contributed by atoms with Crippen molar-refractivity contribution in [1.82, 2.24) is 9.55 Å². The van der Waals surface area contributed by atoms with Crippen LogP contribution in [0.3, 0.4) is 0 Å². The molecule has 24 heavy (non-hydrogen) atoms. The summed E-state index contributed by atoms with van der Waals surface area (Å²) in [4.78, 5) is 21.6. The number of hydrogen-bond donors (Lipinski definition) is 1. The minimum absolute atomic E-state index is 0.257. The smallest absolute Gasteiger partial charge is 0.351 e. The van der Waals surface area contributed by atoms with Crippen LogP contribution in [0.15, 0.2) is 16.1 Å². The third-order valence-corrected chi connectivity index (χ3v) is 4.66. The molecular weight excluding hydrogens is 312 g/mol. The number of aliphatic hydroxyl groups excluding tert-OH is 1. The van der Waals surface area contributed by atoms with Crippen molar-refractivity contribution < 1.29 is 9.84 Å². The van der Waals surface area contributed by atoms with Crippen LogP contribution in [0.4, 0.5) is 5.82 Å². The predicted molar refractivity (Wildman–Crippen MR) is 87.8 cm³/mol. The van der Waals surface area contributed by atoms with E-state index in [2.05, 4.69) is 19.9 Å². The third kappa shape index (κ3) is 3.24. The van der Waals surface area contributed by atoms with Gasteiger partial charge in [-0.2, -0.15) is 4.98 Å². The lowest BCUT2D eigenvalue weighted by molar-refractivity contribution is -0.0270. The van der Waals surface area contributed by atoms with Gasteiger partial charge in [0.1, 0.15) is 12.0 Å². The molecule has 0 radical (unpaired) electrons. The summed E-state index contributed by atoms with van der Waals surface area (Å²) in [6.07, 6.45) is 4.36. The fourth-order valence-electron chi connectivity index (χ4n) is 3.43. The van der Waals surface area contributed by atoms with Gasteiger partial charge in [0.15, 0.2) is 0 Å². The second-order valence-corrected chi connectivity index (χ2v) is 6.30. The van der Waals surface area contributed by atoms with Crippen molar-refractivity contribution in [2.45, 2.75) is 51.0 Å². The normalized spacial score (nSPS) is 27.1. The second-order valence-electron chi connectivity index (χ2n) is 6.30. The van der Waals surface area contributed by atoms with Crippen LogP contribution in [0.1, 0.15) is 37.5 Å². The highest BCUT2D eigenvalue weighted by Gasteiger charge is 2.36. The summed E-state index contributed by atoms with van der Waals surface area (Å²) in [5, 5.41) is 13.0. The average molecular weight is 334 g/mol. The monoisotopic (exact) mass is 334 g/mol. The Labute approximate surface area is 139 Å².